The summed E-state index contributed by atoms with van der Waals surface area (Å²) in [6.45, 7) is -0.293. The van der Waals surface area contributed by atoms with E-state index in [1.165, 1.54) is 10.9 Å². The highest BCUT2D eigenvalue weighted by Gasteiger charge is 2.32. The Bertz CT molecular complexity index is 918. The van der Waals surface area contributed by atoms with Gasteiger partial charge in [0.1, 0.15) is 13.3 Å². The van der Waals surface area contributed by atoms with Crippen LogP contribution in [0, 0.1) is 0 Å². The van der Waals surface area contributed by atoms with Crippen LogP contribution in [0.4, 0.5) is 14.9 Å². The Hall–Kier alpha value is -3.30. The third-order valence-corrected chi connectivity index (χ3v) is 3.71. The number of anilines is 1. The molecule has 4 heterocycles. The van der Waals surface area contributed by atoms with Gasteiger partial charge in [0, 0.05) is 31.1 Å². The number of halogens is 1. The van der Waals surface area contributed by atoms with Gasteiger partial charge >= 0.3 is 6.03 Å². The summed E-state index contributed by atoms with van der Waals surface area (Å²) in [6.07, 6.45) is 4.90. The molecule has 9 nitrogen and oxygen atoms in total. The SMILES string of the molecule is Cn1cc(N2Cc3nc(-c4ccc(OCCF)nc4)nn3C2=O)cn1. The van der Waals surface area contributed by atoms with E-state index in [2.05, 4.69) is 20.2 Å². The number of aromatic nitrogens is 6. The van der Waals surface area contributed by atoms with Crippen molar-refractivity contribution >= 4 is 11.7 Å². The monoisotopic (exact) mass is 343 g/mol. The number of rotatable bonds is 5. The van der Waals surface area contributed by atoms with Gasteiger partial charge in [-0.25, -0.2) is 19.2 Å². The predicted octanol–water partition coefficient (Wildman–Crippen LogP) is 1.41. The molecule has 0 fully saturated rings. The van der Waals surface area contributed by atoms with Crippen LogP contribution in [0.2, 0.25) is 0 Å². The van der Waals surface area contributed by atoms with Crippen molar-refractivity contribution < 1.29 is 13.9 Å². The Morgan fingerprint density at radius 2 is 2.20 bits per heavy atom. The van der Waals surface area contributed by atoms with Crippen molar-refractivity contribution in [3.63, 3.8) is 0 Å². The van der Waals surface area contributed by atoms with Crippen LogP contribution in [0.1, 0.15) is 5.82 Å². The van der Waals surface area contributed by atoms with Gasteiger partial charge in [-0.1, -0.05) is 0 Å². The Balaban J connectivity index is 1.55. The van der Waals surface area contributed by atoms with Crippen molar-refractivity contribution in [1.29, 1.82) is 0 Å². The van der Waals surface area contributed by atoms with Gasteiger partial charge in [0.05, 0.1) is 18.4 Å². The molecule has 1 amide bonds. The summed E-state index contributed by atoms with van der Waals surface area (Å²) in [7, 11) is 1.78. The quantitative estimate of drug-likeness (QED) is 0.696. The van der Waals surface area contributed by atoms with Gasteiger partial charge in [-0.15, -0.1) is 5.10 Å². The number of aryl methyl sites for hydroxylation is 1. The van der Waals surface area contributed by atoms with E-state index < -0.39 is 6.67 Å². The van der Waals surface area contributed by atoms with Crippen LogP contribution in [0.5, 0.6) is 5.88 Å². The lowest BCUT2D eigenvalue weighted by atomic mass is 10.3. The molecule has 3 aromatic rings. The lowest BCUT2D eigenvalue weighted by Crippen LogP contribution is -2.26. The molecule has 0 bridgehead atoms. The molecule has 3 aromatic heterocycles. The highest BCUT2D eigenvalue weighted by Crippen LogP contribution is 2.25. The molecular weight excluding hydrogens is 329 g/mol. The molecule has 0 aromatic carbocycles. The minimum Gasteiger partial charge on any atom is -0.475 e. The third kappa shape index (κ3) is 2.71. The van der Waals surface area contributed by atoms with E-state index >= 15 is 0 Å². The Morgan fingerprint density at radius 3 is 2.84 bits per heavy atom. The van der Waals surface area contributed by atoms with Crippen LogP contribution >= 0.6 is 0 Å². The van der Waals surface area contributed by atoms with Gasteiger partial charge in [-0.05, 0) is 6.07 Å². The van der Waals surface area contributed by atoms with E-state index in [4.69, 9.17) is 4.74 Å². The molecule has 25 heavy (non-hydrogen) atoms. The van der Waals surface area contributed by atoms with Gasteiger partial charge in [-0.2, -0.15) is 9.78 Å². The fourth-order valence-corrected chi connectivity index (χ4v) is 2.54. The number of carbonyl (C=O) groups is 1. The van der Waals surface area contributed by atoms with Gasteiger partial charge in [0.15, 0.2) is 11.6 Å². The second-order valence-electron chi connectivity index (χ2n) is 5.43. The van der Waals surface area contributed by atoms with E-state index in [1.807, 2.05) is 0 Å². The zero-order valence-corrected chi connectivity index (χ0v) is 13.3. The highest BCUT2D eigenvalue weighted by atomic mass is 19.1. The zero-order valence-electron chi connectivity index (χ0n) is 13.3. The molecule has 0 saturated carbocycles. The molecule has 4 rings (SSSR count). The Morgan fingerprint density at radius 1 is 1.32 bits per heavy atom. The first kappa shape index (κ1) is 15.2. The minimum absolute atomic E-state index is 0.0396. The summed E-state index contributed by atoms with van der Waals surface area (Å²) in [5.41, 5.74) is 1.34. The van der Waals surface area contributed by atoms with Crippen LogP contribution in [0.15, 0.2) is 30.7 Å². The predicted molar refractivity (Wildman–Crippen MR) is 84.9 cm³/mol. The van der Waals surface area contributed by atoms with Crippen LogP contribution < -0.4 is 9.64 Å². The van der Waals surface area contributed by atoms with Gasteiger partial charge in [0.25, 0.3) is 0 Å². The van der Waals surface area contributed by atoms with E-state index in [0.717, 1.165) is 0 Å². The summed E-state index contributed by atoms with van der Waals surface area (Å²) in [6, 6.07) is 3.05. The van der Waals surface area contributed by atoms with E-state index in [1.54, 1.807) is 41.2 Å². The van der Waals surface area contributed by atoms with Crippen molar-refractivity contribution in [1.82, 2.24) is 29.5 Å². The maximum absolute atomic E-state index is 12.5. The minimum atomic E-state index is -0.575. The summed E-state index contributed by atoms with van der Waals surface area (Å²) < 4.78 is 20.1. The molecule has 0 aliphatic carbocycles. The summed E-state index contributed by atoms with van der Waals surface area (Å²) in [4.78, 5) is 22.5. The van der Waals surface area contributed by atoms with Crippen molar-refractivity contribution in [3.8, 4) is 17.3 Å². The van der Waals surface area contributed by atoms with Crippen molar-refractivity contribution in [2.45, 2.75) is 6.54 Å². The molecule has 0 saturated heterocycles. The maximum Gasteiger partial charge on any atom is 0.351 e. The lowest BCUT2D eigenvalue weighted by molar-refractivity contribution is 0.248. The second-order valence-corrected chi connectivity index (χ2v) is 5.43. The molecule has 0 radical (unpaired) electrons. The average Bonchev–Trinajstić information content (AvgIpc) is 3.30. The number of fused-ring (bicyclic) bond motifs is 1. The maximum atomic E-state index is 12.5. The topological polar surface area (TPSA) is 91.0 Å². The number of carbonyl (C=O) groups excluding carboxylic acids is 1. The molecule has 0 unspecified atom stereocenters. The first-order valence-electron chi connectivity index (χ1n) is 7.57. The van der Waals surface area contributed by atoms with E-state index in [-0.39, 0.29) is 12.6 Å². The molecule has 128 valence electrons. The fourth-order valence-electron chi connectivity index (χ4n) is 2.54. The highest BCUT2D eigenvalue weighted by molar-refractivity contribution is 5.95. The second kappa shape index (κ2) is 5.96. The number of hydrogen-bond acceptors (Lipinski definition) is 6. The molecule has 10 heteroatoms. The average molecular weight is 343 g/mol. The van der Waals surface area contributed by atoms with Crippen molar-refractivity contribution in [3.05, 3.63) is 36.5 Å². The van der Waals surface area contributed by atoms with Crippen LogP contribution in [-0.2, 0) is 13.6 Å². The fraction of sp³-hybridized carbons (Fsp3) is 0.267. The van der Waals surface area contributed by atoms with Crippen molar-refractivity contribution in [2.75, 3.05) is 18.2 Å². The normalized spacial score (nSPS) is 13.4. The molecule has 0 N–H and O–H groups in total. The molecule has 0 atom stereocenters. The standard InChI is InChI=1S/C15H14FN7O2/c1-21-8-11(7-18-21)22-9-12-19-14(20-23(12)15(22)24)10-2-3-13(17-6-10)25-5-4-16/h2-3,6-8H,4-5,9H2,1H3. The van der Waals surface area contributed by atoms with E-state index in [9.17, 15) is 9.18 Å². The Labute approximate surface area is 141 Å². The molecular formula is C15H14FN7O2. The first-order chi connectivity index (χ1) is 12.2. The smallest absolute Gasteiger partial charge is 0.351 e. The number of pyridine rings is 1. The lowest BCUT2D eigenvalue weighted by Gasteiger charge is -2.11. The van der Waals surface area contributed by atoms with Crippen LogP contribution in [0.3, 0.4) is 0 Å². The largest absolute Gasteiger partial charge is 0.475 e. The number of ether oxygens (including phenoxy) is 1. The molecule has 1 aliphatic heterocycles. The first-order valence-corrected chi connectivity index (χ1v) is 7.57. The number of nitrogens with zero attached hydrogens (tertiary/aromatic N) is 7. The summed E-state index contributed by atoms with van der Waals surface area (Å²) >= 11 is 0. The Kier molecular flexibility index (Phi) is 3.64. The zero-order chi connectivity index (χ0) is 17.4. The van der Waals surface area contributed by atoms with E-state index in [0.29, 0.717) is 35.3 Å². The van der Waals surface area contributed by atoms with Crippen molar-refractivity contribution in [2.24, 2.45) is 7.05 Å². The van der Waals surface area contributed by atoms with Gasteiger partial charge in [0.2, 0.25) is 5.88 Å². The molecule has 1 aliphatic rings. The van der Waals surface area contributed by atoms with Crippen LogP contribution in [-0.4, -0.2) is 48.8 Å². The van der Waals surface area contributed by atoms with Gasteiger partial charge in [-0.3, -0.25) is 9.58 Å². The number of hydrogen-bond donors (Lipinski definition) is 0. The number of alkyl halides is 1. The molecule has 0 spiro atoms. The summed E-state index contributed by atoms with van der Waals surface area (Å²) in [5, 5.41) is 8.33. The van der Waals surface area contributed by atoms with Gasteiger partial charge < -0.3 is 4.74 Å². The number of amides is 1. The van der Waals surface area contributed by atoms with Crippen LogP contribution in [0.25, 0.3) is 11.4 Å². The summed E-state index contributed by atoms with van der Waals surface area (Å²) in [5.74, 6) is 1.27. The third-order valence-electron chi connectivity index (χ3n) is 3.71.